The molecule has 0 atom stereocenters. The molecule has 0 saturated heterocycles. The number of aryl methyl sites for hydroxylation is 1. The van der Waals surface area contributed by atoms with E-state index in [-0.39, 0.29) is 0 Å². The third kappa shape index (κ3) is 1.20. The van der Waals surface area contributed by atoms with Crippen molar-refractivity contribution in [2.75, 3.05) is 0 Å². The lowest BCUT2D eigenvalue weighted by molar-refractivity contribution is 0.112. The van der Waals surface area contributed by atoms with Crippen molar-refractivity contribution in [1.82, 2.24) is 4.98 Å². The molecule has 2 nitrogen and oxygen atoms in total. The largest absolute Gasteiger partial charge is 0.296 e. The van der Waals surface area contributed by atoms with Gasteiger partial charge in [0.1, 0.15) is 5.69 Å². The summed E-state index contributed by atoms with van der Waals surface area (Å²) in [7, 11) is 0. The predicted octanol–water partition coefficient (Wildman–Crippen LogP) is 2.36. The van der Waals surface area contributed by atoms with E-state index < -0.39 is 0 Å². The second kappa shape index (κ2) is 2.98. The topological polar surface area (TPSA) is 30.0 Å². The second-order valence-corrected chi connectivity index (χ2v) is 2.98. The zero-order valence-corrected chi connectivity index (χ0v) is 7.32. The van der Waals surface area contributed by atoms with Gasteiger partial charge in [-0.2, -0.15) is 0 Å². The number of hydrogen-bond donors (Lipinski definition) is 0. The molecule has 0 bridgehead atoms. The maximum Gasteiger partial charge on any atom is 0.169 e. The molecule has 0 aliphatic heterocycles. The highest BCUT2D eigenvalue weighted by atomic mass is 16.1. The van der Waals surface area contributed by atoms with Crippen LogP contribution in [0, 0.1) is 6.92 Å². The molecule has 0 aliphatic rings. The van der Waals surface area contributed by atoms with Crippen molar-refractivity contribution in [3.05, 3.63) is 41.7 Å². The highest BCUT2D eigenvalue weighted by molar-refractivity contribution is 5.97. The van der Waals surface area contributed by atoms with Gasteiger partial charge in [-0.3, -0.25) is 9.78 Å². The summed E-state index contributed by atoms with van der Waals surface area (Å²) in [6.45, 7) is 2.02. The maximum absolute atomic E-state index is 10.7. The smallest absolute Gasteiger partial charge is 0.169 e. The van der Waals surface area contributed by atoms with Crippen LogP contribution in [-0.4, -0.2) is 11.3 Å². The first kappa shape index (κ1) is 7.92. The Balaban J connectivity index is 2.92. The lowest BCUT2D eigenvalue weighted by atomic mass is 10.1. The highest BCUT2D eigenvalue weighted by Crippen LogP contribution is 2.18. The number of carbonyl (C=O) groups is 1. The van der Waals surface area contributed by atoms with Crippen LogP contribution in [0.4, 0.5) is 0 Å². The number of aldehydes is 1. The van der Waals surface area contributed by atoms with Crippen molar-refractivity contribution in [3.8, 4) is 0 Å². The van der Waals surface area contributed by atoms with Crippen molar-refractivity contribution in [2.24, 2.45) is 0 Å². The first-order chi connectivity index (χ1) is 6.33. The van der Waals surface area contributed by atoms with Gasteiger partial charge in [-0.1, -0.05) is 18.2 Å². The molecule has 1 aromatic carbocycles. The van der Waals surface area contributed by atoms with Crippen LogP contribution in [0.15, 0.2) is 30.5 Å². The molecule has 0 amide bonds. The van der Waals surface area contributed by atoms with Gasteiger partial charge in [-0.15, -0.1) is 0 Å². The summed E-state index contributed by atoms with van der Waals surface area (Å²) in [5.41, 5.74) is 1.68. The number of pyridine rings is 1. The Morgan fingerprint density at radius 2 is 2.08 bits per heavy atom. The number of rotatable bonds is 1. The van der Waals surface area contributed by atoms with E-state index in [1.807, 2.05) is 31.2 Å². The third-order valence-corrected chi connectivity index (χ3v) is 2.17. The van der Waals surface area contributed by atoms with E-state index in [0.29, 0.717) is 5.69 Å². The van der Waals surface area contributed by atoms with Gasteiger partial charge >= 0.3 is 0 Å². The molecule has 0 aliphatic carbocycles. The van der Waals surface area contributed by atoms with Crippen LogP contribution >= 0.6 is 0 Å². The van der Waals surface area contributed by atoms with Crippen LogP contribution in [0.1, 0.15) is 16.1 Å². The van der Waals surface area contributed by atoms with Crippen LogP contribution in [0.2, 0.25) is 0 Å². The normalized spacial score (nSPS) is 10.2. The van der Waals surface area contributed by atoms with Gasteiger partial charge in [0.15, 0.2) is 6.29 Å². The SMILES string of the molecule is Cc1cccc2c(C=O)nccc12. The molecule has 2 aromatic rings. The number of aromatic nitrogens is 1. The van der Waals surface area contributed by atoms with Crippen LogP contribution in [-0.2, 0) is 0 Å². The van der Waals surface area contributed by atoms with Crippen LogP contribution < -0.4 is 0 Å². The summed E-state index contributed by atoms with van der Waals surface area (Å²) in [6, 6.07) is 7.81. The van der Waals surface area contributed by atoms with Gasteiger partial charge in [0.2, 0.25) is 0 Å². The Bertz CT molecular complexity index is 463. The first-order valence-corrected chi connectivity index (χ1v) is 4.12. The fourth-order valence-electron chi connectivity index (χ4n) is 1.48. The minimum Gasteiger partial charge on any atom is -0.296 e. The molecule has 13 heavy (non-hydrogen) atoms. The van der Waals surface area contributed by atoms with Crippen molar-refractivity contribution < 1.29 is 4.79 Å². The molecule has 64 valence electrons. The molecule has 1 heterocycles. The first-order valence-electron chi connectivity index (χ1n) is 4.12. The molecule has 0 unspecified atom stereocenters. The van der Waals surface area contributed by atoms with Gasteiger partial charge < -0.3 is 0 Å². The van der Waals surface area contributed by atoms with Gasteiger partial charge in [0.05, 0.1) is 0 Å². The van der Waals surface area contributed by atoms with Gasteiger partial charge in [-0.05, 0) is 23.9 Å². The minimum atomic E-state index is 0.515. The van der Waals surface area contributed by atoms with Crippen molar-refractivity contribution in [1.29, 1.82) is 0 Å². The van der Waals surface area contributed by atoms with E-state index in [9.17, 15) is 4.79 Å². The lowest BCUT2D eigenvalue weighted by Gasteiger charge is -2.01. The minimum absolute atomic E-state index is 0.515. The highest BCUT2D eigenvalue weighted by Gasteiger charge is 2.01. The molecule has 0 N–H and O–H groups in total. The zero-order chi connectivity index (χ0) is 9.26. The second-order valence-electron chi connectivity index (χ2n) is 2.98. The van der Waals surface area contributed by atoms with Crippen LogP contribution in [0.5, 0.6) is 0 Å². The number of hydrogen-bond acceptors (Lipinski definition) is 2. The van der Waals surface area contributed by atoms with E-state index in [1.54, 1.807) is 6.20 Å². The predicted molar refractivity (Wildman–Crippen MR) is 51.9 cm³/mol. The quantitative estimate of drug-likeness (QED) is 0.616. The maximum atomic E-state index is 10.7. The summed E-state index contributed by atoms with van der Waals surface area (Å²) < 4.78 is 0. The molecular weight excluding hydrogens is 162 g/mol. The van der Waals surface area contributed by atoms with E-state index in [0.717, 1.165) is 17.1 Å². The van der Waals surface area contributed by atoms with Crippen molar-refractivity contribution >= 4 is 17.1 Å². The molecular formula is C11H9NO. The Hall–Kier alpha value is -1.70. The summed E-state index contributed by atoms with van der Waals surface area (Å²) >= 11 is 0. The average Bonchev–Trinajstić information content (AvgIpc) is 2.18. The van der Waals surface area contributed by atoms with Crippen LogP contribution in [0.25, 0.3) is 10.8 Å². The molecule has 0 spiro atoms. The number of carbonyl (C=O) groups excluding carboxylic acids is 1. The molecule has 0 fully saturated rings. The van der Waals surface area contributed by atoms with Gasteiger partial charge in [-0.25, -0.2) is 0 Å². The monoisotopic (exact) mass is 171 g/mol. The third-order valence-electron chi connectivity index (χ3n) is 2.17. The zero-order valence-electron chi connectivity index (χ0n) is 7.32. The van der Waals surface area contributed by atoms with E-state index in [4.69, 9.17) is 0 Å². The van der Waals surface area contributed by atoms with Gasteiger partial charge in [0, 0.05) is 11.6 Å². The Kier molecular flexibility index (Phi) is 1.81. The fraction of sp³-hybridized carbons (Fsp3) is 0.0909. The summed E-state index contributed by atoms with van der Waals surface area (Å²) in [6.07, 6.45) is 2.46. The van der Waals surface area contributed by atoms with E-state index in [1.165, 1.54) is 5.56 Å². The number of nitrogens with zero attached hydrogens (tertiary/aromatic N) is 1. The van der Waals surface area contributed by atoms with Gasteiger partial charge in [0.25, 0.3) is 0 Å². The lowest BCUT2D eigenvalue weighted by Crippen LogP contribution is -1.89. The molecule has 1 aromatic heterocycles. The number of benzene rings is 1. The summed E-state index contributed by atoms with van der Waals surface area (Å²) in [5, 5.41) is 2.03. The number of fused-ring (bicyclic) bond motifs is 1. The molecule has 0 radical (unpaired) electrons. The van der Waals surface area contributed by atoms with Crippen molar-refractivity contribution in [3.63, 3.8) is 0 Å². The van der Waals surface area contributed by atoms with E-state index in [2.05, 4.69) is 4.98 Å². The Morgan fingerprint density at radius 1 is 1.23 bits per heavy atom. The van der Waals surface area contributed by atoms with E-state index >= 15 is 0 Å². The summed E-state index contributed by atoms with van der Waals surface area (Å²) in [5.74, 6) is 0. The summed E-state index contributed by atoms with van der Waals surface area (Å²) in [4.78, 5) is 14.7. The fourth-order valence-corrected chi connectivity index (χ4v) is 1.48. The van der Waals surface area contributed by atoms with Crippen LogP contribution in [0.3, 0.4) is 0 Å². The standard InChI is InChI=1S/C11H9NO/c1-8-3-2-4-10-9(8)5-6-12-11(10)7-13/h2-7H,1H3. The Labute approximate surface area is 76.2 Å². The molecule has 2 rings (SSSR count). The average molecular weight is 171 g/mol. The molecule has 2 heteroatoms. The Morgan fingerprint density at radius 3 is 2.85 bits per heavy atom. The molecule has 0 saturated carbocycles. The van der Waals surface area contributed by atoms with Crippen molar-refractivity contribution in [2.45, 2.75) is 6.92 Å².